The van der Waals surface area contributed by atoms with Gasteiger partial charge in [-0.2, -0.15) is 0 Å². The van der Waals surface area contributed by atoms with Crippen molar-refractivity contribution in [3.05, 3.63) is 72.3 Å². The molecule has 0 bridgehead atoms. The molecule has 0 radical (unpaired) electrons. The Labute approximate surface area is 153 Å². The maximum absolute atomic E-state index is 12.3. The summed E-state index contributed by atoms with van der Waals surface area (Å²) in [5.74, 6) is -1.09. The maximum Gasteiger partial charge on any atom is 0.322 e. The fourth-order valence-electron chi connectivity index (χ4n) is 2.49. The number of aromatic nitrogens is 2. The summed E-state index contributed by atoms with van der Waals surface area (Å²) in [5.41, 5.74) is 0.572. The van der Waals surface area contributed by atoms with Crippen molar-refractivity contribution in [1.29, 1.82) is 0 Å². The third kappa shape index (κ3) is 3.58. The summed E-state index contributed by atoms with van der Waals surface area (Å²) in [6, 6.07) is 16.5. The Balaban J connectivity index is 1.48. The summed E-state index contributed by atoms with van der Waals surface area (Å²) in [7, 11) is -3.63. The first-order valence-electron chi connectivity index (χ1n) is 7.91. The Hall–Kier alpha value is -3.46. The second kappa shape index (κ2) is 6.69. The molecule has 2 aromatic heterocycles. The van der Waals surface area contributed by atoms with E-state index >= 15 is 0 Å². The Morgan fingerprint density at radius 1 is 0.963 bits per heavy atom. The van der Waals surface area contributed by atoms with Crippen LogP contribution in [0.4, 0.5) is 6.01 Å². The molecule has 4 aromatic rings. The zero-order chi connectivity index (χ0) is 18.9. The van der Waals surface area contributed by atoms with Crippen LogP contribution in [0.15, 0.2) is 74.4 Å². The van der Waals surface area contributed by atoms with Crippen LogP contribution in [0.5, 0.6) is 0 Å². The monoisotopic (exact) mass is 383 g/mol. The largest absolute Gasteiger partial charge is 0.451 e. The Kier molecular flexibility index (Phi) is 4.21. The fourth-order valence-corrected chi connectivity index (χ4v) is 3.67. The second-order valence-corrected chi connectivity index (χ2v) is 7.67. The zero-order valence-electron chi connectivity index (χ0n) is 13.8. The number of nitrogens with one attached hydrogen (secondary N) is 1. The minimum atomic E-state index is -3.63. The molecular formula is C18H13N3O5S. The van der Waals surface area contributed by atoms with Crippen molar-refractivity contribution in [3.8, 4) is 0 Å². The van der Waals surface area contributed by atoms with Gasteiger partial charge in [-0.25, -0.2) is 8.42 Å². The van der Waals surface area contributed by atoms with Crippen LogP contribution in [-0.4, -0.2) is 24.5 Å². The van der Waals surface area contributed by atoms with Gasteiger partial charge in [0.25, 0.3) is 5.91 Å². The van der Waals surface area contributed by atoms with Gasteiger partial charge in [-0.1, -0.05) is 41.5 Å². The number of hydrogen-bond acceptors (Lipinski definition) is 7. The summed E-state index contributed by atoms with van der Waals surface area (Å²) in [4.78, 5) is 12.4. The summed E-state index contributed by atoms with van der Waals surface area (Å²) in [6.07, 6.45) is 0. The van der Waals surface area contributed by atoms with Gasteiger partial charge >= 0.3 is 6.01 Å². The molecule has 0 atom stereocenters. The average Bonchev–Trinajstić information content (AvgIpc) is 3.28. The van der Waals surface area contributed by atoms with E-state index in [2.05, 4.69) is 15.5 Å². The fraction of sp³-hybridized carbons (Fsp3) is 0.0556. The number of fused-ring (bicyclic) bond motifs is 1. The highest BCUT2D eigenvalue weighted by atomic mass is 32.2. The summed E-state index contributed by atoms with van der Waals surface area (Å²) in [6.45, 7) is 0. The summed E-state index contributed by atoms with van der Waals surface area (Å²) < 4.78 is 35.3. The van der Waals surface area contributed by atoms with Crippen LogP contribution in [-0.2, 0) is 15.6 Å². The highest BCUT2D eigenvalue weighted by Crippen LogP contribution is 2.20. The Morgan fingerprint density at radius 3 is 2.48 bits per heavy atom. The number of furan rings is 1. The molecular weight excluding hydrogens is 370 g/mol. The lowest BCUT2D eigenvalue weighted by Gasteiger charge is -2.00. The van der Waals surface area contributed by atoms with Crippen molar-refractivity contribution in [2.24, 2.45) is 0 Å². The first kappa shape index (κ1) is 17.0. The minimum absolute atomic E-state index is 0.0767. The molecule has 4 rings (SSSR count). The molecule has 2 heterocycles. The number of carbonyl (C=O) groups is 1. The summed E-state index contributed by atoms with van der Waals surface area (Å²) in [5, 5.41) is 10.5. The molecule has 0 fully saturated rings. The number of rotatable bonds is 5. The molecule has 0 aliphatic heterocycles. The van der Waals surface area contributed by atoms with E-state index in [4.69, 9.17) is 8.83 Å². The van der Waals surface area contributed by atoms with E-state index in [9.17, 15) is 13.2 Å². The number of nitrogens with zero attached hydrogens (tertiary/aromatic N) is 2. The van der Waals surface area contributed by atoms with Gasteiger partial charge in [0.05, 0.1) is 4.90 Å². The predicted octanol–water partition coefficient (Wildman–Crippen LogP) is 3.04. The van der Waals surface area contributed by atoms with E-state index in [0.29, 0.717) is 5.58 Å². The van der Waals surface area contributed by atoms with E-state index in [0.717, 1.165) is 5.39 Å². The molecule has 1 N–H and O–H groups in total. The predicted molar refractivity (Wildman–Crippen MR) is 95.8 cm³/mol. The second-order valence-electron chi connectivity index (χ2n) is 5.68. The SMILES string of the molecule is O=C(Nc1nnc(CS(=O)(=O)c2ccccc2)o1)c1cc2ccccc2o1. The summed E-state index contributed by atoms with van der Waals surface area (Å²) >= 11 is 0. The van der Waals surface area contributed by atoms with Crippen molar-refractivity contribution >= 4 is 32.7 Å². The topological polar surface area (TPSA) is 115 Å². The van der Waals surface area contributed by atoms with Gasteiger partial charge < -0.3 is 8.83 Å². The van der Waals surface area contributed by atoms with Gasteiger partial charge in [-0.15, -0.1) is 5.10 Å². The number of carbonyl (C=O) groups excluding carboxylic acids is 1. The van der Waals surface area contributed by atoms with Gasteiger partial charge in [0, 0.05) is 5.39 Å². The molecule has 8 nitrogen and oxygen atoms in total. The van der Waals surface area contributed by atoms with Gasteiger partial charge in [0.2, 0.25) is 5.89 Å². The molecule has 0 aliphatic carbocycles. The van der Waals surface area contributed by atoms with E-state index in [-0.39, 0.29) is 22.6 Å². The third-order valence-corrected chi connectivity index (χ3v) is 5.37. The number of hydrogen-bond donors (Lipinski definition) is 1. The highest BCUT2D eigenvalue weighted by molar-refractivity contribution is 7.90. The Morgan fingerprint density at radius 2 is 1.70 bits per heavy atom. The highest BCUT2D eigenvalue weighted by Gasteiger charge is 2.21. The quantitative estimate of drug-likeness (QED) is 0.563. The molecule has 136 valence electrons. The van der Waals surface area contributed by atoms with Gasteiger partial charge in [0.15, 0.2) is 15.6 Å². The molecule has 0 aliphatic rings. The molecule has 1 amide bonds. The first-order chi connectivity index (χ1) is 13.0. The van der Waals surface area contributed by atoms with Crippen LogP contribution in [0.3, 0.4) is 0 Å². The van der Waals surface area contributed by atoms with Crippen LogP contribution < -0.4 is 5.32 Å². The van der Waals surface area contributed by atoms with Crippen LogP contribution in [0.2, 0.25) is 0 Å². The zero-order valence-corrected chi connectivity index (χ0v) is 14.6. The normalized spacial score (nSPS) is 11.6. The van der Waals surface area contributed by atoms with Crippen LogP contribution in [0.25, 0.3) is 11.0 Å². The molecule has 27 heavy (non-hydrogen) atoms. The van der Waals surface area contributed by atoms with Crippen molar-refractivity contribution in [2.75, 3.05) is 5.32 Å². The standard InChI is InChI=1S/C18H13N3O5S/c22-17(15-10-12-6-4-5-9-14(12)25-15)19-18-21-20-16(26-18)11-27(23,24)13-7-2-1-3-8-13/h1-10H,11H2,(H,19,21,22). The first-order valence-corrected chi connectivity index (χ1v) is 9.57. The van der Waals surface area contributed by atoms with Crippen molar-refractivity contribution in [2.45, 2.75) is 10.6 Å². The van der Waals surface area contributed by atoms with Crippen LogP contribution in [0, 0.1) is 0 Å². The average molecular weight is 383 g/mol. The van der Waals surface area contributed by atoms with Gasteiger partial charge in [-0.3, -0.25) is 10.1 Å². The minimum Gasteiger partial charge on any atom is -0.451 e. The van der Waals surface area contributed by atoms with Crippen molar-refractivity contribution in [1.82, 2.24) is 10.2 Å². The number of benzene rings is 2. The number of amides is 1. The smallest absolute Gasteiger partial charge is 0.322 e. The number of anilines is 1. The van der Waals surface area contributed by atoms with E-state index in [1.807, 2.05) is 12.1 Å². The van der Waals surface area contributed by atoms with E-state index < -0.39 is 21.5 Å². The maximum atomic E-state index is 12.3. The number of sulfone groups is 1. The third-order valence-electron chi connectivity index (χ3n) is 3.75. The molecule has 0 saturated carbocycles. The molecule has 9 heteroatoms. The molecule has 0 unspecified atom stereocenters. The van der Waals surface area contributed by atoms with E-state index in [1.54, 1.807) is 36.4 Å². The van der Waals surface area contributed by atoms with Crippen LogP contribution >= 0.6 is 0 Å². The number of para-hydroxylation sites is 1. The van der Waals surface area contributed by atoms with Gasteiger partial charge in [0.1, 0.15) is 11.3 Å². The lowest BCUT2D eigenvalue weighted by molar-refractivity contribution is 0.0995. The van der Waals surface area contributed by atoms with Gasteiger partial charge in [-0.05, 0) is 24.3 Å². The molecule has 0 spiro atoms. The van der Waals surface area contributed by atoms with Crippen molar-refractivity contribution in [3.63, 3.8) is 0 Å². The lowest BCUT2D eigenvalue weighted by Crippen LogP contribution is -2.11. The lowest BCUT2D eigenvalue weighted by atomic mass is 10.2. The van der Waals surface area contributed by atoms with Crippen molar-refractivity contribution < 1.29 is 22.0 Å². The molecule has 0 saturated heterocycles. The van der Waals surface area contributed by atoms with E-state index in [1.165, 1.54) is 12.1 Å². The Bertz CT molecular complexity index is 1180. The van der Waals surface area contributed by atoms with Crippen LogP contribution in [0.1, 0.15) is 16.4 Å². The molecule has 2 aromatic carbocycles.